The zero-order valence-electron chi connectivity index (χ0n) is 17.8. The maximum absolute atomic E-state index is 12.3. The first kappa shape index (κ1) is 19.2. The summed E-state index contributed by atoms with van der Waals surface area (Å²) in [4.78, 5) is 23.7. The second-order valence-corrected chi connectivity index (χ2v) is 10.5. The molecule has 4 aliphatic carbocycles. The highest BCUT2D eigenvalue weighted by atomic mass is 16.5. The van der Waals surface area contributed by atoms with Crippen molar-refractivity contribution < 1.29 is 14.3 Å². The van der Waals surface area contributed by atoms with Crippen molar-refractivity contribution in [2.45, 2.75) is 92.1 Å². The third-order valence-electron chi connectivity index (χ3n) is 9.24. The Labute approximate surface area is 164 Å². The Bertz CT molecular complexity index is 692. The number of rotatable bonds is 2. The lowest BCUT2D eigenvalue weighted by Gasteiger charge is -2.59. The molecule has 0 aromatic carbocycles. The van der Waals surface area contributed by atoms with Crippen molar-refractivity contribution >= 4 is 11.8 Å². The van der Waals surface area contributed by atoms with Gasteiger partial charge in [-0.15, -0.1) is 0 Å². The maximum atomic E-state index is 12.3. The Morgan fingerprint density at radius 2 is 1.70 bits per heavy atom. The van der Waals surface area contributed by atoms with E-state index in [1.807, 2.05) is 6.92 Å². The molecule has 7 atom stereocenters. The van der Waals surface area contributed by atoms with Crippen molar-refractivity contribution in [2.24, 2.45) is 34.5 Å². The van der Waals surface area contributed by atoms with E-state index in [2.05, 4.69) is 20.8 Å². The largest absolute Gasteiger partial charge is 0.462 e. The van der Waals surface area contributed by atoms with Crippen LogP contribution in [-0.4, -0.2) is 17.9 Å². The molecule has 0 bridgehead atoms. The van der Waals surface area contributed by atoms with Crippen LogP contribution in [0.4, 0.5) is 0 Å². The Kier molecular flexibility index (Phi) is 4.59. The number of allylic oxidation sites excluding steroid dienone is 1. The summed E-state index contributed by atoms with van der Waals surface area (Å²) in [6.07, 6.45) is 9.12. The lowest BCUT2D eigenvalue weighted by Crippen LogP contribution is -2.51. The third-order valence-corrected chi connectivity index (χ3v) is 9.24. The molecule has 0 saturated heterocycles. The molecule has 150 valence electrons. The average molecular weight is 373 g/mol. The van der Waals surface area contributed by atoms with Gasteiger partial charge in [-0.3, -0.25) is 9.59 Å². The summed E-state index contributed by atoms with van der Waals surface area (Å²) >= 11 is 0. The van der Waals surface area contributed by atoms with Crippen LogP contribution >= 0.6 is 0 Å². The molecule has 4 rings (SSSR count). The highest BCUT2D eigenvalue weighted by Crippen LogP contribution is 2.67. The average Bonchev–Trinajstić information content (AvgIpc) is 2.93. The van der Waals surface area contributed by atoms with E-state index in [9.17, 15) is 9.59 Å². The Balaban J connectivity index is 1.64. The summed E-state index contributed by atoms with van der Waals surface area (Å²) in [5.41, 5.74) is 3.62. The van der Waals surface area contributed by atoms with Crippen molar-refractivity contribution in [3.05, 3.63) is 11.1 Å². The van der Waals surface area contributed by atoms with Crippen LogP contribution in [0.3, 0.4) is 0 Å². The van der Waals surface area contributed by atoms with Gasteiger partial charge in [0.25, 0.3) is 0 Å². The van der Waals surface area contributed by atoms with Gasteiger partial charge < -0.3 is 4.74 Å². The Morgan fingerprint density at radius 3 is 2.37 bits per heavy atom. The quantitative estimate of drug-likeness (QED) is 0.476. The van der Waals surface area contributed by atoms with Crippen LogP contribution < -0.4 is 0 Å². The first-order chi connectivity index (χ1) is 12.7. The minimum absolute atomic E-state index is 0.0690. The molecule has 0 aromatic rings. The normalized spacial score (nSPS) is 46.3. The molecule has 0 N–H and O–H groups in total. The molecular weight excluding hydrogens is 336 g/mol. The molecule has 27 heavy (non-hydrogen) atoms. The lowest BCUT2D eigenvalue weighted by atomic mass is 9.46. The van der Waals surface area contributed by atoms with Crippen LogP contribution in [-0.2, 0) is 14.3 Å². The summed E-state index contributed by atoms with van der Waals surface area (Å²) in [5.74, 6) is 2.71. The third kappa shape index (κ3) is 2.83. The van der Waals surface area contributed by atoms with E-state index in [-0.39, 0.29) is 28.8 Å². The number of Topliss-reactive ketones (excluding diaryl/α,β-unsaturated/α-hetero) is 1. The van der Waals surface area contributed by atoms with Gasteiger partial charge >= 0.3 is 5.97 Å². The number of hydrogen-bond donors (Lipinski definition) is 0. The molecule has 0 aromatic heterocycles. The zero-order chi connectivity index (χ0) is 19.6. The number of fused-ring (bicyclic) bond motifs is 5. The number of hydrogen-bond acceptors (Lipinski definition) is 3. The van der Waals surface area contributed by atoms with Gasteiger partial charge in [-0.2, -0.15) is 0 Å². The van der Waals surface area contributed by atoms with Crippen molar-refractivity contribution in [2.75, 3.05) is 0 Å². The van der Waals surface area contributed by atoms with Gasteiger partial charge in [-0.25, -0.2) is 0 Å². The zero-order valence-corrected chi connectivity index (χ0v) is 17.8. The highest BCUT2D eigenvalue weighted by molar-refractivity contribution is 5.79. The van der Waals surface area contributed by atoms with E-state index in [0.717, 1.165) is 37.5 Å². The standard InChI is InChI=1S/C24H36O3/c1-14-12-18-20-7-6-19(15(2)25)23(20,4)11-9-21(18)24(5)10-8-17(13-22(14)24)27-16(3)26/h17-21H,6-13H2,1-5H3/t17-,18-,19+,20-,21-,23+,24+/m0/s1. The summed E-state index contributed by atoms with van der Waals surface area (Å²) in [7, 11) is 0. The number of ether oxygens (including phenoxy) is 1. The highest BCUT2D eigenvalue weighted by Gasteiger charge is 2.60. The summed E-state index contributed by atoms with van der Waals surface area (Å²) in [5, 5.41) is 0. The number of carbonyl (C=O) groups excluding carboxylic acids is 2. The number of carbonyl (C=O) groups is 2. The predicted molar refractivity (Wildman–Crippen MR) is 106 cm³/mol. The van der Waals surface area contributed by atoms with Crippen LogP contribution in [0.15, 0.2) is 11.1 Å². The minimum Gasteiger partial charge on any atom is -0.462 e. The van der Waals surface area contributed by atoms with E-state index in [1.165, 1.54) is 32.6 Å². The van der Waals surface area contributed by atoms with Crippen LogP contribution in [0, 0.1) is 34.5 Å². The van der Waals surface area contributed by atoms with Gasteiger partial charge in [0.05, 0.1) is 0 Å². The monoisotopic (exact) mass is 372 g/mol. The van der Waals surface area contributed by atoms with Crippen LogP contribution in [0.25, 0.3) is 0 Å². The molecule has 3 saturated carbocycles. The van der Waals surface area contributed by atoms with E-state index in [1.54, 1.807) is 11.1 Å². The molecule has 0 aliphatic heterocycles. The molecule has 3 nitrogen and oxygen atoms in total. The van der Waals surface area contributed by atoms with Crippen molar-refractivity contribution in [3.63, 3.8) is 0 Å². The fourth-order valence-corrected chi connectivity index (χ4v) is 8.09. The molecular formula is C24H36O3. The number of ketones is 1. The summed E-state index contributed by atoms with van der Waals surface area (Å²) < 4.78 is 5.58. The van der Waals surface area contributed by atoms with Gasteiger partial charge in [0, 0.05) is 19.3 Å². The van der Waals surface area contributed by atoms with Crippen molar-refractivity contribution in [1.82, 2.24) is 0 Å². The first-order valence-corrected chi connectivity index (χ1v) is 11.0. The van der Waals surface area contributed by atoms with E-state index >= 15 is 0 Å². The smallest absolute Gasteiger partial charge is 0.302 e. The summed E-state index contributed by atoms with van der Waals surface area (Å²) in [6.45, 7) is 10.6. The number of esters is 1. The van der Waals surface area contributed by atoms with Gasteiger partial charge in [0.15, 0.2) is 0 Å². The maximum Gasteiger partial charge on any atom is 0.302 e. The van der Waals surface area contributed by atoms with E-state index in [4.69, 9.17) is 4.74 Å². The fraction of sp³-hybridized carbons (Fsp3) is 0.833. The fourth-order valence-electron chi connectivity index (χ4n) is 8.09. The molecule has 4 aliphatic rings. The lowest BCUT2D eigenvalue weighted by molar-refractivity contribution is -0.149. The van der Waals surface area contributed by atoms with E-state index < -0.39 is 0 Å². The molecule has 0 unspecified atom stereocenters. The van der Waals surface area contributed by atoms with Gasteiger partial charge in [0.1, 0.15) is 11.9 Å². The second kappa shape index (κ2) is 6.46. The van der Waals surface area contributed by atoms with Crippen molar-refractivity contribution in [3.8, 4) is 0 Å². The van der Waals surface area contributed by atoms with Crippen molar-refractivity contribution in [1.29, 1.82) is 0 Å². The van der Waals surface area contributed by atoms with Crippen LogP contribution in [0.5, 0.6) is 0 Å². The minimum atomic E-state index is -0.148. The molecule has 0 radical (unpaired) electrons. The van der Waals surface area contributed by atoms with Gasteiger partial charge in [-0.1, -0.05) is 25.0 Å². The van der Waals surface area contributed by atoms with Gasteiger partial charge in [0.2, 0.25) is 0 Å². The van der Waals surface area contributed by atoms with Gasteiger partial charge in [-0.05, 0) is 87.4 Å². The molecule has 0 amide bonds. The second-order valence-electron chi connectivity index (χ2n) is 10.5. The van der Waals surface area contributed by atoms with E-state index in [0.29, 0.717) is 11.7 Å². The first-order valence-electron chi connectivity index (χ1n) is 11.0. The topological polar surface area (TPSA) is 43.4 Å². The molecule has 3 fully saturated rings. The molecule has 3 heteroatoms. The van der Waals surface area contributed by atoms with Crippen LogP contribution in [0.2, 0.25) is 0 Å². The SMILES string of the molecule is CC(=O)O[C@H]1CC[C@@]2(C)C(=C(C)C[C@H]3[C@@H]4CC[C@H](C(C)=O)[C@@]4(C)CC[C@@H]32)C1. The summed E-state index contributed by atoms with van der Waals surface area (Å²) in [6, 6.07) is 0. The predicted octanol–water partition coefficient (Wildman–Crippen LogP) is 5.48. The van der Waals surface area contributed by atoms with Crippen LogP contribution in [0.1, 0.15) is 86.0 Å². The molecule has 0 spiro atoms. The molecule has 0 heterocycles. The Hall–Kier alpha value is -1.12. The Morgan fingerprint density at radius 1 is 0.963 bits per heavy atom.